The van der Waals surface area contributed by atoms with Crippen LogP contribution in [-0.4, -0.2) is 11.7 Å². The zero-order valence-electron chi connectivity index (χ0n) is 12.1. The zero-order valence-corrected chi connectivity index (χ0v) is 12.1. The average molecular weight is 291 g/mol. The Labute approximate surface area is 123 Å². The summed E-state index contributed by atoms with van der Waals surface area (Å²) >= 11 is 0. The van der Waals surface area contributed by atoms with Crippen molar-refractivity contribution in [2.45, 2.75) is 26.0 Å². The Kier molecular flexibility index (Phi) is 5.04. The molecule has 4 heteroatoms. The first-order valence-corrected chi connectivity index (χ1v) is 6.90. The highest BCUT2D eigenvalue weighted by molar-refractivity contribution is 5.24. The van der Waals surface area contributed by atoms with Crippen LogP contribution in [0.15, 0.2) is 42.5 Å². The fourth-order valence-electron chi connectivity index (χ4n) is 2.14. The van der Waals surface area contributed by atoms with E-state index in [2.05, 4.69) is 5.32 Å². The van der Waals surface area contributed by atoms with Crippen LogP contribution in [0.3, 0.4) is 0 Å². The molecule has 0 amide bonds. The third-order valence-corrected chi connectivity index (χ3v) is 3.52. The molecule has 0 fully saturated rings. The van der Waals surface area contributed by atoms with Gasteiger partial charge in [0.1, 0.15) is 11.6 Å². The van der Waals surface area contributed by atoms with E-state index in [1.54, 1.807) is 0 Å². The van der Waals surface area contributed by atoms with Crippen LogP contribution in [0.2, 0.25) is 0 Å². The molecule has 0 saturated carbocycles. The standard InChI is InChI=1S/C17H19F2NO/c1-11-3-5-13(6-4-11)12(2)20-10-17(21)15-8-7-14(18)9-16(15)19/h3-9,12,17,20-21H,10H2,1-2H3/t12-,17?/m1/s1. The van der Waals surface area contributed by atoms with Gasteiger partial charge in [-0.2, -0.15) is 0 Å². The number of nitrogens with one attached hydrogen (secondary N) is 1. The second-order valence-corrected chi connectivity index (χ2v) is 5.22. The Morgan fingerprint density at radius 3 is 2.38 bits per heavy atom. The van der Waals surface area contributed by atoms with E-state index in [0.717, 1.165) is 17.7 Å². The van der Waals surface area contributed by atoms with Crippen molar-refractivity contribution in [3.8, 4) is 0 Å². The highest BCUT2D eigenvalue weighted by atomic mass is 19.1. The van der Waals surface area contributed by atoms with Gasteiger partial charge in [-0.05, 0) is 25.5 Å². The first kappa shape index (κ1) is 15.6. The summed E-state index contributed by atoms with van der Waals surface area (Å²) in [6, 6.07) is 11.3. The monoisotopic (exact) mass is 291 g/mol. The number of hydrogen-bond acceptors (Lipinski definition) is 2. The largest absolute Gasteiger partial charge is 0.387 e. The summed E-state index contributed by atoms with van der Waals surface area (Å²) in [5.41, 5.74) is 2.37. The molecule has 21 heavy (non-hydrogen) atoms. The molecule has 2 atom stereocenters. The minimum Gasteiger partial charge on any atom is -0.387 e. The second kappa shape index (κ2) is 6.78. The van der Waals surface area contributed by atoms with Crippen molar-refractivity contribution in [3.63, 3.8) is 0 Å². The summed E-state index contributed by atoms with van der Waals surface area (Å²) in [4.78, 5) is 0. The van der Waals surface area contributed by atoms with Crippen molar-refractivity contribution >= 4 is 0 Å². The predicted molar refractivity (Wildman–Crippen MR) is 78.9 cm³/mol. The fraction of sp³-hybridized carbons (Fsp3) is 0.294. The predicted octanol–water partition coefficient (Wildman–Crippen LogP) is 3.66. The van der Waals surface area contributed by atoms with E-state index in [1.807, 2.05) is 38.1 Å². The lowest BCUT2D eigenvalue weighted by atomic mass is 10.1. The fourth-order valence-corrected chi connectivity index (χ4v) is 2.14. The molecule has 2 nitrogen and oxygen atoms in total. The number of rotatable bonds is 5. The van der Waals surface area contributed by atoms with Gasteiger partial charge < -0.3 is 10.4 Å². The maximum atomic E-state index is 13.6. The molecule has 2 aromatic rings. The van der Waals surface area contributed by atoms with E-state index in [4.69, 9.17) is 0 Å². The highest BCUT2D eigenvalue weighted by Gasteiger charge is 2.15. The van der Waals surface area contributed by atoms with E-state index in [1.165, 1.54) is 11.6 Å². The van der Waals surface area contributed by atoms with Crippen LogP contribution in [0.1, 0.15) is 35.8 Å². The Balaban J connectivity index is 1.97. The molecule has 2 rings (SSSR count). The Bertz CT molecular complexity index is 598. The number of aliphatic hydroxyl groups is 1. The number of aliphatic hydroxyl groups excluding tert-OH is 1. The first-order valence-electron chi connectivity index (χ1n) is 6.90. The van der Waals surface area contributed by atoms with Crippen molar-refractivity contribution in [1.82, 2.24) is 5.32 Å². The van der Waals surface area contributed by atoms with Gasteiger partial charge in [0.25, 0.3) is 0 Å². The molecule has 112 valence electrons. The Morgan fingerprint density at radius 1 is 1.10 bits per heavy atom. The molecule has 0 bridgehead atoms. The quantitative estimate of drug-likeness (QED) is 0.881. The van der Waals surface area contributed by atoms with Crippen molar-refractivity contribution in [3.05, 3.63) is 70.8 Å². The molecular weight excluding hydrogens is 272 g/mol. The summed E-state index contributed by atoms with van der Waals surface area (Å²) in [5.74, 6) is -1.38. The second-order valence-electron chi connectivity index (χ2n) is 5.22. The van der Waals surface area contributed by atoms with Gasteiger partial charge in [0.15, 0.2) is 0 Å². The molecule has 0 radical (unpaired) electrons. The van der Waals surface area contributed by atoms with Gasteiger partial charge in [0, 0.05) is 24.2 Å². The van der Waals surface area contributed by atoms with Crippen LogP contribution in [-0.2, 0) is 0 Å². The molecule has 2 aromatic carbocycles. The van der Waals surface area contributed by atoms with Crippen LogP contribution in [0, 0.1) is 18.6 Å². The third-order valence-electron chi connectivity index (χ3n) is 3.52. The Hall–Kier alpha value is -1.78. The van der Waals surface area contributed by atoms with Crippen LogP contribution in [0.5, 0.6) is 0 Å². The number of aryl methyl sites for hydroxylation is 1. The molecular formula is C17H19F2NO. The molecule has 1 unspecified atom stereocenters. The third kappa shape index (κ3) is 4.09. The molecule has 0 spiro atoms. The highest BCUT2D eigenvalue weighted by Crippen LogP contribution is 2.19. The van der Waals surface area contributed by atoms with Gasteiger partial charge in [0.05, 0.1) is 6.10 Å². The minimum atomic E-state index is -1.02. The molecule has 0 heterocycles. The zero-order chi connectivity index (χ0) is 15.4. The van der Waals surface area contributed by atoms with Crippen molar-refractivity contribution in [1.29, 1.82) is 0 Å². The molecule has 0 aromatic heterocycles. The molecule has 2 N–H and O–H groups in total. The molecule has 0 saturated heterocycles. The number of benzene rings is 2. The first-order chi connectivity index (χ1) is 9.97. The summed E-state index contributed by atoms with van der Waals surface area (Å²) in [6.07, 6.45) is -1.02. The summed E-state index contributed by atoms with van der Waals surface area (Å²) in [6.45, 7) is 4.18. The number of halogens is 2. The van der Waals surface area contributed by atoms with Gasteiger partial charge in [-0.3, -0.25) is 0 Å². The van der Waals surface area contributed by atoms with Crippen LogP contribution in [0.25, 0.3) is 0 Å². The average Bonchev–Trinajstić information content (AvgIpc) is 2.45. The van der Waals surface area contributed by atoms with Crippen molar-refractivity contribution in [2.24, 2.45) is 0 Å². The Morgan fingerprint density at radius 2 is 1.76 bits per heavy atom. The molecule has 0 aliphatic rings. The van der Waals surface area contributed by atoms with Gasteiger partial charge in [-0.15, -0.1) is 0 Å². The van der Waals surface area contributed by atoms with Gasteiger partial charge >= 0.3 is 0 Å². The molecule has 0 aliphatic carbocycles. The van der Waals surface area contributed by atoms with Gasteiger partial charge in [-0.1, -0.05) is 35.9 Å². The number of hydrogen-bond donors (Lipinski definition) is 2. The van der Waals surface area contributed by atoms with Crippen LogP contribution in [0.4, 0.5) is 8.78 Å². The molecule has 0 aliphatic heterocycles. The van der Waals surface area contributed by atoms with Crippen LogP contribution >= 0.6 is 0 Å². The van der Waals surface area contributed by atoms with Crippen molar-refractivity contribution in [2.75, 3.05) is 6.54 Å². The maximum absolute atomic E-state index is 13.6. The minimum absolute atomic E-state index is 0.0313. The van der Waals surface area contributed by atoms with Crippen LogP contribution < -0.4 is 5.32 Å². The van der Waals surface area contributed by atoms with E-state index >= 15 is 0 Å². The summed E-state index contributed by atoms with van der Waals surface area (Å²) in [7, 11) is 0. The normalized spacial score (nSPS) is 14.0. The smallest absolute Gasteiger partial charge is 0.131 e. The SMILES string of the molecule is Cc1ccc([C@@H](C)NCC(O)c2ccc(F)cc2F)cc1. The lowest BCUT2D eigenvalue weighted by Gasteiger charge is -2.18. The van der Waals surface area contributed by atoms with Gasteiger partial charge in [-0.25, -0.2) is 8.78 Å². The van der Waals surface area contributed by atoms with E-state index in [-0.39, 0.29) is 18.2 Å². The maximum Gasteiger partial charge on any atom is 0.131 e. The lowest BCUT2D eigenvalue weighted by Crippen LogP contribution is -2.25. The van der Waals surface area contributed by atoms with Gasteiger partial charge in [0.2, 0.25) is 0 Å². The topological polar surface area (TPSA) is 32.3 Å². The van der Waals surface area contributed by atoms with E-state index < -0.39 is 17.7 Å². The van der Waals surface area contributed by atoms with Crippen molar-refractivity contribution < 1.29 is 13.9 Å². The lowest BCUT2D eigenvalue weighted by molar-refractivity contribution is 0.166. The summed E-state index contributed by atoms with van der Waals surface area (Å²) < 4.78 is 26.4. The summed E-state index contributed by atoms with van der Waals surface area (Å²) in [5, 5.41) is 13.2. The van der Waals surface area contributed by atoms with E-state index in [0.29, 0.717) is 0 Å². The van der Waals surface area contributed by atoms with E-state index in [9.17, 15) is 13.9 Å².